The first kappa shape index (κ1) is 11.0. The highest BCUT2D eigenvalue weighted by atomic mass is 16.4. The van der Waals surface area contributed by atoms with E-state index in [0.717, 1.165) is 38.5 Å². The maximum absolute atomic E-state index is 10.8. The number of aliphatic carboxylic acids is 2. The van der Waals surface area contributed by atoms with Gasteiger partial charge in [-0.2, -0.15) is 0 Å². The standard InChI is InChI=1S/C10H16O4/c11-9(12)8(10(13)14)7-5-3-1-2-4-6-7/h7-8H,1-6H2,(H,11,12)(H,13,14). The first-order valence-electron chi connectivity index (χ1n) is 5.08. The molecule has 0 amide bonds. The zero-order valence-corrected chi connectivity index (χ0v) is 8.11. The Kier molecular flexibility index (Phi) is 3.92. The molecule has 4 nitrogen and oxygen atoms in total. The molecule has 0 aromatic rings. The smallest absolute Gasteiger partial charge is 0.318 e. The number of hydrogen-bond donors (Lipinski definition) is 2. The molecular formula is C10H16O4. The third kappa shape index (κ3) is 2.72. The van der Waals surface area contributed by atoms with Crippen molar-refractivity contribution < 1.29 is 19.8 Å². The lowest BCUT2D eigenvalue weighted by atomic mass is 9.86. The number of carboxylic acids is 2. The average molecular weight is 200 g/mol. The van der Waals surface area contributed by atoms with E-state index >= 15 is 0 Å². The van der Waals surface area contributed by atoms with Crippen LogP contribution in [0, 0.1) is 11.8 Å². The quantitative estimate of drug-likeness (QED) is 0.537. The van der Waals surface area contributed by atoms with Crippen molar-refractivity contribution in [1.82, 2.24) is 0 Å². The van der Waals surface area contributed by atoms with Crippen LogP contribution < -0.4 is 0 Å². The summed E-state index contributed by atoms with van der Waals surface area (Å²) >= 11 is 0. The summed E-state index contributed by atoms with van der Waals surface area (Å²) in [4.78, 5) is 21.5. The highest BCUT2D eigenvalue weighted by molar-refractivity contribution is 5.93. The van der Waals surface area contributed by atoms with Crippen molar-refractivity contribution in [1.29, 1.82) is 0 Å². The van der Waals surface area contributed by atoms with E-state index in [4.69, 9.17) is 10.2 Å². The fraction of sp³-hybridized carbons (Fsp3) is 0.800. The molecule has 0 aliphatic heterocycles. The minimum absolute atomic E-state index is 0.174. The molecule has 0 spiro atoms. The molecule has 0 saturated heterocycles. The van der Waals surface area contributed by atoms with E-state index in [1.54, 1.807) is 0 Å². The van der Waals surface area contributed by atoms with Crippen LogP contribution in [0.25, 0.3) is 0 Å². The van der Waals surface area contributed by atoms with Crippen LogP contribution in [0.2, 0.25) is 0 Å². The van der Waals surface area contributed by atoms with Crippen molar-refractivity contribution in [3.05, 3.63) is 0 Å². The van der Waals surface area contributed by atoms with Crippen LogP contribution in [0.1, 0.15) is 38.5 Å². The second-order valence-corrected chi connectivity index (χ2v) is 3.91. The maximum atomic E-state index is 10.8. The molecule has 4 heteroatoms. The van der Waals surface area contributed by atoms with E-state index in [0.29, 0.717) is 0 Å². The molecule has 0 aromatic heterocycles. The molecule has 1 fully saturated rings. The Morgan fingerprint density at radius 3 is 1.71 bits per heavy atom. The molecule has 0 unspecified atom stereocenters. The van der Waals surface area contributed by atoms with Gasteiger partial charge in [0.15, 0.2) is 5.92 Å². The van der Waals surface area contributed by atoms with E-state index in [1.165, 1.54) is 0 Å². The number of rotatable bonds is 3. The number of carboxylic acid groups (broad SMARTS) is 2. The van der Waals surface area contributed by atoms with Crippen molar-refractivity contribution in [2.75, 3.05) is 0 Å². The number of hydrogen-bond acceptors (Lipinski definition) is 2. The van der Waals surface area contributed by atoms with Gasteiger partial charge in [0.05, 0.1) is 0 Å². The van der Waals surface area contributed by atoms with Gasteiger partial charge in [-0.3, -0.25) is 9.59 Å². The van der Waals surface area contributed by atoms with Crippen LogP contribution in [0.3, 0.4) is 0 Å². The van der Waals surface area contributed by atoms with Gasteiger partial charge in [-0.25, -0.2) is 0 Å². The molecule has 0 aromatic carbocycles. The van der Waals surface area contributed by atoms with Gasteiger partial charge < -0.3 is 10.2 Å². The number of carbonyl (C=O) groups is 2. The van der Waals surface area contributed by atoms with Gasteiger partial charge in [0.2, 0.25) is 0 Å². The Bertz CT molecular complexity index is 202. The van der Waals surface area contributed by atoms with Crippen LogP contribution in [-0.2, 0) is 9.59 Å². The SMILES string of the molecule is O=C(O)C(C(=O)O)C1CCCCCC1. The fourth-order valence-electron chi connectivity index (χ4n) is 2.15. The molecule has 1 saturated carbocycles. The molecule has 0 radical (unpaired) electrons. The van der Waals surface area contributed by atoms with Gasteiger partial charge in [0, 0.05) is 0 Å². The summed E-state index contributed by atoms with van der Waals surface area (Å²) in [5.74, 6) is -3.76. The highest BCUT2D eigenvalue weighted by Crippen LogP contribution is 2.29. The van der Waals surface area contributed by atoms with Crippen LogP contribution in [-0.4, -0.2) is 22.2 Å². The molecule has 2 N–H and O–H groups in total. The van der Waals surface area contributed by atoms with Crippen molar-refractivity contribution in [3.63, 3.8) is 0 Å². The van der Waals surface area contributed by atoms with Gasteiger partial charge in [-0.15, -0.1) is 0 Å². The Labute approximate surface area is 82.9 Å². The largest absolute Gasteiger partial charge is 0.481 e. The minimum Gasteiger partial charge on any atom is -0.481 e. The summed E-state index contributed by atoms with van der Waals surface area (Å²) in [7, 11) is 0. The predicted octanol–water partition coefficient (Wildman–Crippen LogP) is 1.74. The van der Waals surface area contributed by atoms with Crippen molar-refractivity contribution >= 4 is 11.9 Å². The van der Waals surface area contributed by atoms with E-state index in [-0.39, 0.29) is 5.92 Å². The zero-order valence-electron chi connectivity index (χ0n) is 8.11. The maximum Gasteiger partial charge on any atom is 0.318 e. The summed E-state index contributed by atoms with van der Waals surface area (Å²) < 4.78 is 0. The summed E-state index contributed by atoms with van der Waals surface area (Å²) in [6.07, 6.45) is 5.60. The van der Waals surface area contributed by atoms with Crippen molar-refractivity contribution in [2.45, 2.75) is 38.5 Å². The molecule has 1 aliphatic rings. The molecule has 0 bridgehead atoms. The molecule has 14 heavy (non-hydrogen) atoms. The first-order chi connectivity index (χ1) is 6.63. The Morgan fingerprint density at radius 2 is 1.36 bits per heavy atom. The van der Waals surface area contributed by atoms with Gasteiger partial charge in [0.25, 0.3) is 0 Å². The Morgan fingerprint density at radius 1 is 0.929 bits per heavy atom. The van der Waals surface area contributed by atoms with Crippen molar-refractivity contribution in [2.24, 2.45) is 11.8 Å². The Balaban J connectivity index is 2.65. The molecular weight excluding hydrogens is 184 g/mol. The first-order valence-corrected chi connectivity index (χ1v) is 5.08. The summed E-state index contributed by atoms with van der Waals surface area (Å²) in [6.45, 7) is 0. The van der Waals surface area contributed by atoms with E-state index in [1.807, 2.05) is 0 Å². The topological polar surface area (TPSA) is 74.6 Å². The summed E-state index contributed by atoms with van der Waals surface area (Å²) in [5.41, 5.74) is 0. The Hall–Kier alpha value is -1.06. The molecule has 1 rings (SSSR count). The normalized spacial score (nSPS) is 19.2. The van der Waals surface area contributed by atoms with Gasteiger partial charge in [-0.1, -0.05) is 25.7 Å². The van der Waals surface area contributed by atoms with E-state index < -0.39 is 17.9 Å². The van der Waals surface area contributed by atoms with Gasteiger partial charge in [-0.05, 0) is 18.8 Å². The molecule has 0 heterocycles. The van der Waals surface area contributed by atoms with E-state index in [2.05, 4.69) is 0 Å². The monoisotopic (exact) mass is 200 g/mol. The second-order valence-electron chi connectivity index (χ2n) is 3.91. The van der Waals surface area contributed by atoms with Gasteiger partial charge >= 0.3 is 11.9 Å². The molecule has 1 aliphatic carbocycles. The third-order valence-electron chi connectivity index (χ3n) is 2.90. The lowest BCUT2D eigenvalue weighted by molar-refractivity contribution is -0.157. The third-order valence-corrected chi connectivity index (χ3v) is 2.90. The summed E-state index contributed by atoms with van der Waals surface area (Å²) in [5, 5.41) is 17.6. The van der Waals surface area contributed by atoms with Gasteiger partial charge in [0.1, 0.15) is 0 Å². The second kappa shape index (κ2) is 4.98. The minimum atomic E-state index is -1.20. The highest BCUT2D eigenvalue weighted by Gasteiger charge is 2.34. The zero-order chi connectivity index (χ0) is 10.6. The van der Waals surface area contributed by atoms with Crippen LogP contribution in [0.5, 0.6) is 0 Å². The average Bonchev–Trinajstić information content (AvgIpc) is 2.31. The molecule has 80 valence electrons. The van der Waals surface area contributed by atoms with Crippen LogP contribution in [0.4, 0.5) is 0 Å². The molecule has 0 atom stereocenters. The van der Waals surface area contributed by atoms with E-state index in [9.17, 15) is 9.59 Å². The van der Waals surface area contributed by atoms with Crippen LogP contribution >= 0.6 is 0 Å². The lowest BCUT2D eigenvalue weighted by Gasteiger charge is -2.18. The summed E-state index contributed by atoms with van der Waals surface area (Å²) in [6, 6.07) is 0. The van der Waals surface area contributed by atoms with Crippen molar-refractivity contribution in [3.8, 4) is 0 Å². The van der Waals surface area contributed by atoms with Crippen LogP contribution in [0.15, 0.2) is 0 Å². The lowest BCUT2D eigenvalue weighted by Crippen LogP contribution is -2.31. The fourth-order valence-corrected chi connectivity index (χ4v) is 2.15. The predicted molar refractivity (Wildman–Crippen MR) is 50.0 cm³/mol.